The summed E-state index contributed by atoms with van der Waals surface area (Å²) in [5.74, 6) is -1.78. The summed E-state index contributed by atoms with van der Waals surface area (Å²) in [7, 11) is 3.27. The summed E-state index contributed by atoms with van der Waals surface area (Å²) < 4.78 is 14.0. The summed E-state index contributed by atoms with van der Waals surface area (Å²) in [6.45, 7) is 13.8. The van der Waals surface area contributed by atoms with Crippen LogP contribution in [0.25, 0.3) is 33.3 Å². The van der Waals surface area contributed by atoms with E-state index < -0.39 is 41.3 Å². The maximum atomic E-state index is 14.8. The van der Waals surface area contributed by atoms with Crippen LogP contribution in [0.2, 0.25) is 0 Å². The number of likely N-dealkylation sites (N-methyl/N-ethyl adjacent to an activating group) is 1. The van der Waals surface area contributed by atoms with Gasteiger partial charge in [0.15, 0.2) is 0 Å². The lowest BCUT2D eigenvalue weighted by molar-refractivity contribution is -0.155. The summed E-state index contributed by atoms with van der Waals surface area (Å²) >= 11 is 0. The van der Waals surface area contributed by atoms with Gasteiger partial charge >= 0.3 is 12.0 Å². The number of phenolic OH excluding ortho intramolecular Hbond substituents is 1. The van der Waals surface area contributed by atoms with Gasteiger partial charge in [-0.25, -0.2) is 10.2 Å². The van der Waals surface area contributed by atoms with E-state index in [0.717, 1.165) is 44.4 Å². The van der Waals surface area contributed by atoms with Crippen molar-refractivity contribution in [1.82, 2.24) is 45.3 Å². The number of aromatic hydroxyl groups is 1. The van der Waals surface area contributed by atoms with Crippen LogP contribution in [-0.4, -0.2) is 148 Å². The second kappa shape index (κ2) is 20.3. The second-order valence-electron chi connectivity index (χ2n) is 19.9. The highest BCUT2D eigenvalue weighted by Gasteiger charge is 2.40. The van der Waals surface area contributed by atoms with E-state index in [-0.39, 0.29) is 49.2 Å². The number of amides is 5. The van der Waals surface area contributed by atoms with Gasteiger partial charge in [0.1, 0.15) is 23.9 Å². The molecule has 4 aromatic rings. The summed E-state index contributed by atoms with van der Waals surface area (Å²) in [5.41, 5.74) is 9.77. The molecule has 4 N–H and O–H groups in total. The molecule has 3 saturated heterocycles. The van der Waals surface area contributed by atoms with Crippen molar-refractivity contribution >= 4 is 40.6 Å². The SMILES string of the molecule is CCn1c(-c2cnccc2COC)c2c3cc(ccc31)-c1cc(O)cc(c1)C[C@H](NC(=O)[C@H](C(C)C)N(C)C(=O)N1CCCN(C(=O)[C@H]3CN3)CC1)C(=O)N1CCC[C@H](N1)C(=O)OCC(C)(C)C2. The highest BCUT2D eigenvalue weighted by molar-refractivity contribution is 5.96. The first kappa shape index (κ1) is 48.4. The fourth-order valence-electron chi connectivity index (χ4n) is 10.2. The number of cyclic esters (lactones) is 1. The third-order valence-electron chi connectivity index (χ3n) is 13.7. The van der Waals surface area contributed by atoms with Crippen molar-refractivity contribution in [3.05, 3.63) is 71.5 Å². The largest absolute Gasteiger partial charge is 0.508 e. The molecule has 2 aromatic carbocycles. The van der Waals surface area contributed by atoms with Crippen LogP contribution in [0.4, 0.5) is 4.79 Å². The first-order valence-electron chi connectivity index (χ1n) is 24.1. The molecule has 0 spiro atoms. The first-order chi connectivity index (χ1) is 32.6. The number of rotatable bonds is 9. The number of ether oxygens (including phenoxy) is 2. The van der Waals surface area contributed by atoms with Crippen LogP contribution < -0.4 is 16.1 Å². The number of hydrogen-bond donors (Lipinski definition) is 4. The number of fused-ring (bicyclic) bond motifs is 6. The van der Waals surface area contributed by atoms with Crippen molar-refractivity contribution in [2.24, 2.45) is 11.3 Å². The quantitative estimate of drug-likeness (QED) is 0.136. The van der Waals surface area contributed by atoms with E-state index in [1.54, 1.807) is 42.3 Å². The minimum Gasteiger partial charge on any atom is -0.508 e. The van der Waals surface area contributed by atoms with Gasteiger partial charge in [0.25, 0.3) is 5.91 Å². The van der Waals surface area contributed by atoms with Crippen LogP contribution in [-0.2, 0) is 54.6 Å². The molecule has 17 nitrogen and oxygen atoms in total. The van der Waals surface area contributed by atoms with Crippen molar-refractivity contribution in [3.8, 4) is 28.1 Å². The smallest absolute Gasteiger partial charge is 0.324 e. The van der Waals surface area contributed by atoms with Crippen molar-refractivity contribution in [2.45, 2.75) is 104 Å². The highest BCUT2D eigenvalue weighted by Crippen LogP contribution is 2.41. The number of hydrogen-bond acceptors (Lipinski definition) is 11. The minimum absolute atomic E-state index is 0.00505. The van der Waals surface area contributed by atoms with E-state index in [4.69, 9.17) is 9.47 Å². The van der Waals surface area contributed by atoms with E-state index >= 15 is 0 Å². The molecule has 68 heavy (non-hydrogen) atoms. The van der Waals surface area contributed by atoms with Gasteiger partial charge in [-0.3, -0.25) is 29.2 Å². The normalized spacial score (nSPS) is 21.5. The number of nitrogens with zero attached hydrogens (tertiary/aromatic N) is 6. The number of methoxy groups -OCH3 is 1. The number of aryl methyl sites for hydroxylation is 1. The molecule has 5 amide bonds. The van der Waals surface area contributed by atoms with E-state index in [1.807, 2.05) is 38.2 Å². The van der Waals surface area contributed by atoms with Gasteiger partial charge in [0, 0.05) is 101 Å². The number of carbonyl (C=O) groups excluding carboxylic acids is 5. The second-order valence-corrected chi connectivity index (χ2v) is 19.9. The Morgan fingerprint density at radius 1 is 1.01 bits per heavy atom. The maximum absolute atomic E-state index is 14.8. The van der Waals surface area contributed by atoms with Crippen LogP contribution in [0.1, 0.15) is 70.6 Å². The van der Waals surface area contributed by atoms with Crippen LogP contribution in [0.3, 0.4) is 0 Å². The van der Waals surface area contributed by atoms with Gasteiger partial charge in [-0.15, -0.1) is 0 Å². The van der Waals surface area contributed by atoms with Gasteiger partial charge in [-0.1, -0.05) is 39.8 Å². The number of aromatic nitrogens is 2. The number of pyridine rings is 1. The maximum Gasteiger partial charge on any atom is 0.324 e. The van der Waals surface area contributed by atoms with Gasteiger partial charge in [0.05, 0.1) is 24.9 Å². The molecule has 0 radical (unpaired) electrons. The molecule has 4 atom stereocenters. The molecule has 0 aliphatic carbocycles. The standard InChI is InChI=1S/C51H67N9O8/c1-8-59-43-13-12-33-25-37(43)38(45(59)39-27-52-15-14-34(39)29-67-7)26-51(4,5)30-68-49(65)40-11-9-18-60(55-40)48(64)41(23-32-21-35(33)24-36(61)22-32)54-46(62)44(31(2)3)56(6)50(66)58-17-10-16-57(19-20-58)47(63)42-28-53-42/h12-15,21-22,24-25,27,31,40-42,44,53,55,61H,8-11,16-20,23,26,28-30H2,1-7H3,(H,54,62)/t40-,41-,42+,44-/m0/s1. The minimum atomic E-state index is -1.16. The lowest BCUT2D eigenvalue weighted by Crippen LogP contribution is -2.62. The third kappa shape index (κ3) is 10.3. The summed E-state index contributed by atoms with van der Waals surface area (Å²) in [6.07, 6.45) is 5.75. The number of benzene rings is 2. The number of urea groups is 1. The molecule has 0 saturated carbocycles. The Kier molecular flexibility index (Phi) is 14.4. The Morgan fingerprint density at radius 2 is 1.78 bits per heavy atom. The molecule has 17 heteroatoms. The molecule has 0 unspecified atom stereocenters. The van der Waals surface area contributed by atoms with Crippen LogP contribution in [0.15, 0.2) is 54.9 Å². The number of esters is 1. The number of hydrazine groups is 1. The van der Waals surface area contributed by atoms with Crippen LogP contribution in [0.5, 0.6) is 5.75 Å². The number of nitrogens with one attached hydrogen (secondary N) is 3. The van der Waals surface area contributed by atoms with E-state index in [0.29, 0.717) is 77.1 Å². The van der Waals surface area contributed by atoms with Crippen molar-refractivity contribution in [1.29, 1.82) is 0 Å². The van der Waals surface area contributed by atoms with Crippen LogP contribution in [0, 0.1) is 11.3 Å². The van der Waals surface area contributed by atoms with Gasteiger partial charge in [0.2, 0.25) is 11.8 Å². The lowest BCUT2D eigenvalue weighted by atomic mass is 9.84. The molecular weight excluding hydrogens is 867 g/mol. The summed E-state index contributed by atoms with van der Waals surface area (Å²) in [6, 6.07) is 10.0. The zero-order chi connectivity index (χ0) is 48.4. The molecule has 3 fully saturated rings. The Morgan fingerprint density at radius 3 is 2.51 bits per heavy atom. The lowest BCUT2D eigenvalue weighted by Gasteiger charge is -2.37. The molecule has 8 rings (SSSR count). The Hall–Kier alpha value is -6.04. The van der Waals surface area contributed by atoms with Crippen molar-refractivity contribution < 1.29 is 38.6 Å². The van der Waals surface area contributed by atoms with E-state index in [2.05, 4.69) is 58.5 Å². The van der Waals surface area contributed by atoms with Crippen molar-refractivity contribution in [2.75, 3.05) is 60.0 Å². The number of phenols is 1. The molecule has 4 aliphatic heterocycles. The van der Waals surface area contributed by atoms with Gasteiger partial charge in [-0.2, -0.15) is 0 Å². The fraction of sp³-hybridized carbons (Fsp3) is 0.529. The Labute approximate surface area is 398 Å². The predicted octanol–water partition coefficient (Wildman–Crippen LogP) is 4.47. The van der Waals surface area contributed by atoms with Crippen molar-refractivity contribution in [3.63, 3.8) is 0 Å². The molecule has 364 valence electrons. The first-order valence-corrected chi connectivity index (χ1v) is 24.1. The Balaban J connectivity index is 1.16. The zero-order valence-electron chi connectivity index (χ0n) is 40.5. The zero-order valence-corrected chi connectivity index (χ0v) is 40.5. The average Bonchev–Trinajstić information content (AvgIpc) is 4.16. The van der Waals surface area contributed by atoms with E-state index in [1.165, 1.54) is 9.91 Å². The molecule has 2 aromatic heterocycles. The fourth-order valence-corrected chi connectivity index (χ4v) is 10.2. The molecule has 6 bridgehead atoms. The van der Waals surface area contributed by atoms with Crippen LogP contribution >= 0.6 is 0 Å². The van der Waals surface area contributed by atoms with Gasteiger partial charge < -0.3 is 44.5 Å². The third-order valence-corrected chi connectivity index (χ3v) is 13.7. The molecule has 6 heterocycles. The van der Waals surface area contributed by atoms with E-state index in [9.17, 15) is 29.1 Å². The summed E-state index contributed by atoms with van der Waals surface area (Å²) in [5, 5.41) is 19.8. The topological polar surface area (TPSA) is 201 Å². The summed E-state index contributed by atoms with van der Waals surface area (Å²) in [4.78, 5) is 79.7. The highest BCUT2D eigenvalue weighted by atomic mass is 16.5. The predicted molar refractivity (Wildman–Crippen MR) is 257 cm³/mol. The molecular formula is C51H67N9O8. The monoisotopic (exact) mass is 934 g/mol. The van der Waals surface area contributed by atoms with Gasteiger partial charge in [-0.05, 0) is 96.7 Å². The molecule has 4 aliphatic rings. The number of carbonyl (C=O) groups is 5. The Bertz CT molecular complexity index is 2550. The average molecular weight is 934 g/mol.